The number of pyridine rings is 4. The smallest absolute Gasteiger partial charge is 0.355 e. The molecule has 0 bridgehead atoms. The maximum Gasteiger partial charge on any atom is 0.355 e. The van der Waals surface area contributed by atoms with E-state index in [1.807, 2.05) is 23.0 Å². The molecule has 0 aliphatic carbocycles. The van der Waals surface area contributed by atoms with Crippen LogP contribution in [0, 0.1) is 0 Å². The molecule has 8 aromatic heterocycles. The third kappa shape index (κ3) is 37.4. The predicted octanol–water partition coefficient (Wildman–Crippen LogP) is 12.4. The number of halogens is 7. The van der Waals surface area contributed by atoms with Gasteiger partial charge in [0.2, 0.25) is 0 Å². The minimum absolute atomic E-state index is 0.0485. The number of thioether (sulfide) groups is 1. The first-order chi connectivity index (χ1) is 46.1. The van der Waals surface area contributed by atoms with Gasteiger partial charge in [0, 0.05) is 147 Å². The van der Waals surface area contributed by atoms with E-state index in [2.05, 4.69) is 150 Å². The number of esters is 3. The Labute approximate surface area is 635 Å². The second kappa shape index (κ2) is 49.6. The maximum absolute atomic E-state index is 12.0. The van der Waals surface area contributed by atoms with E-state index < -0.39 is 51.3 Å². The number of aliphatic hydroxyl groups is 3. The molecule has 1 aliphatic rings. The van der Waals surface area contributed by atoms with Gasteiger partial charge in [0.05, 0.1) is 86.6 Å². The van der Waals surface area contributed by atoms with Crippen molar-refractivity contribution in [2.24, 2.45) is 0 Å². The topological polar surface area (TPSA) is 378 Å². The largest absolute Gasteiger partial charge is 0.464 e. The van der Waals surface area contributed by atoms with Gasteiger partial charge in [0.1, 0.15) is 60.5 Å². The van der Waals surface area contributed by atoms with E-state index >= 15 is 0 Å². The molecular weight excluding hydrogens is 1860 g/mol. The minimum atomic E-state index is -3.03. The van der Waals surface area contributed by atoms with Crippen LogP contribution in [-0.4, -0.2) is 219 Å². The lowest BCUT2D eigenvalue weighted by atomic mass is 10.3. The van der Waals surface area contributed by atoms with Gasteiger partial charge in [-0.15, -0.1) is 0 Å². The molecule has 1 fully saturated rings. The number of nitrogens with one attached hydrogen (secondary N) is 2. The fraction of sp³-hybridized carbons (Fsp3) is 0.475. The SMILES string of the molecule is BrP(Br)Br.C1CCOC1.COC(=O)c1[nH]c2ccncc2c1Br.COC(=O)c1c(Br)c2cnccc2n1CCCS(C)(=O)=O.COC(=O)c1cc2cnccc2[nH]1.CS(=O)(=O)CCCBr.CS(=O)(=O)CCCO.CS(=O)(=O)CCCn1c(CO)c(Br)c2cnccc21.CSCCCO. The van der Waals surface area contributed by atoms with Crippen molar-refractivity contribution in [1.29, 1.82) is 0 Å². The zero-order chi connectivity index (χ0) is 74.2. The average Bonchev–Trinajstić information content (AvgIpc) is 1.65. The summed E-state index contributed by atoms with van der Waals surface area (Å²) >= 11 is 24.6. The number of ether oxygens (including phenoxy) is 4. The Morgan fingerprint density at radius 2 is 1.02 bits per heavy atom. The summed E-state index contributed by atoms with van der Waals surface area (Å²) in [4.78, 5) is 56.3. The van der Waals surface area contributed by atoms with E-state index in [1.54, 1.807) is 84.1 Å². The summed E-state index contributed by atoms with van der Waals surface area (Å²) in [6, 6.07) is 8.97. The first-order valence-electron chi connectivity index (χ1n) is 29.1. The normalized spacial score (nSPS) is 11.8. The number of fused-ring (bicyclic) bond motifs is 4. The lowest BCUT2D eigenvalue weighted by Gasteiger charge is -2.09. The average molecular weight is 1940 g/mol. The Hall–Kier alpha value is -3.05. The van der Waals surface area contributed by atoms with Gasteiger partial charge in [-0.25, -0.2) is 48.1 Å². The number of alkyl halides is 1. The first-order valence-corrected chi connectivity index (χ1v) is 49.6. The molecule has 9 heterocycles. The second-order valence-corrected chi connectivity index (χ2v) is 49.0. The highest BCUT2D eigenvalue weighted by Gasteiger charge is 2.23. The number of carbonyl (C=O) groups is 3. The van der Waals surface area contributed by atoms with Crippen LogP contribution in [0.1, 0.15) is 82.1 Å². The van der Waals surface area contributed by atoms with Crippen molar-refractivity contribution in [3.05, 3.63) is 116 Å². The van der Waals surface area contributed by atoms with Gasteiger partial charge in [-0.2, -0.15) is 11.8 Å². The first kappa shape index (κ1) is 93.0. The zero-order valence-electron chi connectivity index (χ0n) is 54.9. The van der Waals surface area contributed by atoms with Gasteiger partial charge < -0.3 is 53.4 Å². The van der Waals surface area contributed by atoms with Crippen molar-refractivity contribution in [1.82, 2.24) is 39.0 Å². The van der Waals surface area contributed by atoms with Gasteiger partial charge in [0.15, 0.2) is 0 Å². The molecule has 9 rings (SSSR count). The number of aryl methyl sites for hydroxylation is 2. The number of nitrogens with zero attached hydrogens (tertiary/aromatic N) is 6. The monoisotopic (exact) mass is 1930 g/mol. The highest BCUT2D eigenvalue weighted by atomic mass is 80.0. The van der Waals surface area contributed by atoms with Crippen LogP contribution in [0.5, 0.6) is 0 Å². The Morgan fingerprint density at radius 3 is 1.42 bits per heavy atom. The highest BCUT2D eigenvalue weighted by Crippen LogP contribution is 2.59. The number of H-pyrrole nitrogens is 2. The molecule has 26 nitrogen and oxygen atoms in total. The third-order valence-corrected chi connectivity index (χ3v) is 20.3. The highest BCUT2D eigenvalue weighted by molar-refractivity contribution is 9.93. The molecular formula is C59H82Br7N8O18PS5. The molecule has 0 amide bonds. The van der Waals surface area contributed by atoms with E-state index in [-0.39, 0.29) is 46.2 Å². The lowest BCUT2D eigenvalue weighted by Crippen LogP contribution is -2.13. The quantitative estimate of drug-likeness (QED) is 0.0147. The van der Waals surface area contributed by atoms with E-state index in [1.165, 1.54) is 52.9 Å². The molecule has 98 heavy (non-hydrogen) atoms. The molecule has 0 atom stereocenters. The van der Waals surface area contributed by atoms with Crippen LogP contribution < -0.4 is 0 Å². The summed E-state index contributed by atoms with van der Waals surface area (Å²) in [5.74, 6) is 0.427. The summed E-state index contributed by atoms with van der Waals surface area (Å²) in [5.41, 5.74) is 5.47. The molecule has 5 N–H and O–H groups in total. The van der Waals surface area contributed by atoms with Crippen LogP contribution in [0.2, 0.25) is 0 Å². The molecule has 0 radical (unpaired) electrons. The van der Waals surface area contributed by atoms with Gasteiger partial charge in [-0.1, -0.05) is 15.9 Å². The van der Waals surface area contributed by atoms with Crippen LogP contribution in [0.25, 0.3) is 43.6 Å². The Morgan fingerprint density at radius 1 is 0.582 bits per heavy atom. The summed E-state index contributed by atoms with van der Waals surface area (Å²) < 4.78 is 111. The van der Waals surface area contributed by atoms with Crippen LogP contribution in [0.4, 0.5) is 0 Å². The second-order valence-electron chi connectivity index (χ2n) is 20.5. The number of aromatic amines is 2. The fourth-order valence-electron chi connectivity index (χ4n) is 8.08. The fourth-order valence-corrected chi connectivity index (χ4v) is 13.7. The molecule has 0 aromatic carbocycles. The standard InChI is InChI=1S/C13H15BrN2O4S.C12H15BrN2O3S.C9H7BrN2O2.C9H8N2O2.C4H9BrO2S.C4H10O3S.C4H10OS.C4H8O.Br3P/c1-20-13(17)12-11(14)9-8-15-5-4-10(9)16(12)6-3-7-21(2,18)19;1-19(17,18)6-2-5-15-10-3-4-14-7-9(10)12(13)11(15)8-16;1-14-9(13)8-7(10)5-4-11-3-2-6(5)12-8;1-13-9(12)8-4-6-5-10-3-2-7(6)11-8;2*1-8(6,7)4-2-3-5;1-6-4-2-3-5;1-2-4-5-3-1;1-4(2)3/h4-5,8H,3,6-7H2,1-2H3;3-4,7,16H,2,5-6,8H2,1H3;2-4,12H,1H3;2-5,11H,1H3;2-4H2,1H3;5H,2-4H2,1H3;5H,2-4H2,1H3;1-4H2;. The lowest BCUT2D eigenvalue weighted by molar-refractivity contribution is 0.0581. The number of aromatic nitrogens is 8. The molecule has 0 saturated carbocycles. The molecule has 1 saturated heterocycles. The van der Waals surface area contributed by atoms with Gasteiger partial charge in [-0.05, 0) is 182 Å². The Bertz CT molecular complexity index is 4100. The van der Waals surface area contributed by atoms with E-state index in [4.69, 9.17) is 19.7 Å². The van der Waals surface area contributed by atoms with Crippen LogP contribution in [0.15, 0.2) is 93.3 Å². The van der Waals surface area contributed by atoms with Crippen molar-refractivity contribution >= 4 is 227 Å². The number of hydrogen-bond acceptors (Lipinski definition) is 23. The minimum Gasteiger partial charge on any atom is -0.464 e. The molecule has 1 aliphatic heterocycles. The van der Waals surface area contributed by atoms with E-state index in [9.17, 15) is 53.2 Å². The molecule has 39 heteroatoms. The Kier molecular flexibility index (Phi) is 47.0. The van der Waals surface area contributed by atoms with E-state index in [0.29, 0.717) is 71.4 Å². The van der Waals surface area contributed by atoms with Crippen molar-refractivity contribution in [2.45, 2.75) is 64.6 Å². The molecule has 8 aromatic rings. The zero-order valence-corrected chi connectivity index (χ0v) is 71.0. The third-order valence-electron chi connectivity index (χ3n) is 12.4. The summed E-state index contributed by atoms with van der Waals surface area (Å²) in [5, 5.41) is 30.1. The van der Waals surface area contributed by atoms with Gasteiger partial charge in [0.25, 0.3) is 0 Å². The van der Waals surface area contributed by atoms with Gasteiger partial charge in [-0.3, -0.25) is 19.9 Å². The maximum atomic E-state index is 12.0. The number of sulfone groups is 4. The predicted molar refractivity (Wildman–Crippen MR) is 417 cm³/mol. The number of rotatable bonds is 21. The molecule has 550 valence electrons. The van der Waals surface area contributed by atoms with Gasteiger partial charge >= 0.3 is 17.9 Å². The van der Waals surface area contributed by atoms with Crippen molar-refractivity contribution in [3.8, 4) is 0 Å². The van der Waals surface area contributed by atoms with E-state index in [0.717, 1.165) is 90.8 Å². The van der Waals surface area contributed by atoms with Crippen LogP contribution >= 0.6 is 126 Å². The van der Waals surface area contributed by atoms with Crippen LogP contribution in [0.3, 0.4) is 0 Å². The van der Waals surface area contributed by atoms with Crippen molar-refractivity contribution in [3.63, 3.8) is 0 Å². The Balaban J connectivity index is 0.000000577. The van der Waals surface area contributed by atoms with Crippen molar-refractivity contribution in [2.75, 3.05) is 113 Å². The number of aliphatic hydroxyl groups excluding tert-OH is 3. The van der Waals surface area contributed by atoms with Crippen molar-refractivity contribution < 1.29 is 82.3 Å². The summed E-state index contributed by atoms with van der Waals surface area (Å²) in [6.45, 7) is 3.14. The summed E-state index contributed by atoms with van der Waals surface area (Å²) in [6.07, 6.45) is 25.7. The van der Waals surface area contributed by atoms with Crippen LogP contribution in [-0.2, 0) is 78.0 Å². The number of methoxy groups -OCH3 is 3. The molecule has 0 spiro atoms. The summed E-state index contributed by atoms with van der Waals surface area (Å²) in [7, 11) is -7.55. The molecule has 0 unspecified atom stereocenters. The number of hydrogen-bond donors (Lipinski definition) is 5. The number of carbonyl (C=O) groups excluding carboxylic acids is 3.